The first kappa shape index (κ1) is 13.0. The van der Waals surface area contributed by atoms with Crippen molar-refractivity contribution < 1.29 is 0 Å². The van der Waals surface area contributed by atoms with Crippen molar-refractivity contribution in [2.24, 2.45) is 0 Å². The van der Waals surface area contributed by atoms with E-state index in [-0.39, 0.29) is 0 Å². The Labute approximate surface area is 111 Å². The lowest BCUT2D eigenvalue weighted by atomic mass is 10.2. The molecule has 0 fully saturated rings. The van der Waals surface area contributed by atoms with Crippen LogP contribution in [0.5, 0.6) is 0 Å². The van der Waals surface area contributed by atoms with Gasteiger partial charge in [0.15, 0.2) is 0 Å². The van der Waals surface area contributed by atoms with Crippen molar-refractivity contribution in [3.63, 3.8) is 0 Å². The Morgan fingerprint density at radius 3 is 2.83 bits per heavy atom. The van der Waals surface area contributed by atoms with Crippen LogP contribution in [0.1, 0.15) is 37.7 Å². The van der Waals surface area contributed by atoms with Gasteiger partial charge in [-0.3, -0.25) is 0 Å². The molecule has 2 heterocycles. The molecular formula is C12H17N5S. The summed E-state index contributed by atoms with van der Waals surface area (Å²) in [7, 11) is 0. The van der Waals surface area contributed by atoms with Crippen LogP contribution in [0.25, 0.3) is 10.6 Å². The van der Waals surface area contributed by atoms with E-state index in [4.69, 9.17) is 0 Å². The second-order valence-corrected chi connectivity index (χ2v) is 5.00. The maximum absolute atomic E-state index is 4.27. The lowest BCUT2D eigenvalue weighted by Gasteiger charge is -2.12. The third-order valence-electron chi connectivity index (χ3n) is 2.62. The van der Waals surface area contributed by atoms with Crippen molar-refractivity contribution in [3.05, 3.63) is 23.5 Å². The highest BCUT2D eigenvalue weighted by Crippen LogP contribution is 2.27. The first-order valence-electron chi connectivity index (χ1n) is 6.19. The average molecular weight is 263 g/mol. The molecule has 2 aromatic rings. The Balaban J connectivity index is 2.14. The van der Waals surface area contributed by atoms with Crippen LogP contribution in [0, 0.1) is 0 Å². The quantitative estimate of drug-likeness (QED) is 0.867. The zero-order valence-electron chi connectivity index (χ0n) is 10.6. The van der Waals surface area contributed by atoms with E-state index >= 15 is 0 Å². The van der Waals surface area contributed by atoms with E-state index in [9.17, 15) is 0 Å². The standard InChI is InChI=1S/C12H17N5S/c1-3-6-13-10(4-2)12-17-16-11(18-12)9-5-7-14-15-8-9/h5,7-8,10,13H,3-4,6H2,1-2H3. The number of hydrogen-bond acceptors (Lipinski definition) is 6. The third-order valence-corrected chi connectivity index (χ3v) is 3.70. The van der Waals surface area contributed by atoms with Crippen LogP contribution in [0.15, 0.2) is 18.5 Å². The van der Waals surface area contributed by atoms with Crippen LogP contribution in [0.3, 0.4) is 0 Å². The van der Waals surface area contributed by atoms with Gasteiger partial charge in [0.05, 0.1) is 18.4 Å². The Kier molecular flexibility index (Phi) is 4.72. The summed E-state index contributed by atoms with van der Waals surface area (Å²) in [6.07, 6.45) is 5.52. The molecule has 0 amide bonds. The molecule has 18 heavy (non-hydrogen) atoms. The molecule has 96 valence electrons. The van der Waals surface area contributed by atoms with Crippen LogP contribution in [0.2, 0.25) is 0 Å². The van der Waals surface area contributed by atoms with Gasteiger partial charge in [0.25, 0.3) is 0 Å². The predicted molar refractivity (Wildman–Crippen MR) is 72.3 cm³/mol. The van der Waals surface area contributed by atoms with Crippen molar-refractivity contribution >= 4 is 11.3 Å². The largest absolute Gasteiger partial charge is 0.308 e. The van der Waals surface area contributed by atoms with E-state index in [0.717, 1.165) is 35.0 Å². The van der Waals surface area contributed by atoms with Crippen LogP contribution >= 0.6 is 11.3 Å². The minimum absolute atomic E-state index is 0.297. The van der Waals surface area contributed by atoms with Gasteiger partial charge in [-0.1, -0.05) is 25.2 Å². The molecule has 0 aromatic carbocycles. The summed E-state index contributed by atoms with van der Waals surface area (Å²) in [6, 6.07) is 2.20. The van der Waals surface area contributed by atoms with Gasteiger partial charge in [0, 0.05) is 5.56 Å². The molecule has 1 unspecified atom stereocenters. The zero-order chi connectivity index (χ0) is 12.8. The summed E-state index contributed by atoms with van der Waals surface area (Å²) < 4.78 is 0. The Bertz CT molecular complexity index is 470. The molecule has 1 N–H and O–H groups in total. The van der Waals surface area contributed by atoms with E-state index in [2.05, 4.69) is 39.6 Å². The van der Waals surface area contributed by atoms with Gasteiger partial charge in [0.2, 0.25) is 0 Å². The Hall–Kier alpha value is -1.40. The predicted octanol–water partition coefficient (Wildman–Crippen LogP) is 2.45. The molecule has 0 bridgehead atoms. The van der Waals surface area contributed by atoms with Crippen molar-refractivity contribution in [1.29, 1.82) is 0 Å². The highest BCUT2D eigenvalue weighted by atomic mass is 32.1. The highest BCUT2D eigenvalue weighted by Gasteiger charge is 2.14. The van der Waals surface area contributed by atoms with Gasteiger partial charge in [-0.2, -0.15) is 10.2 Å². The lowest BCUT2D eigenvalue weighted by molar-refractivity contribution is 0.513. The van der Waals surface area contributed by atoms with Crippen molar-refractivity contribution in [1.82, 2.24) is 25.7 Å². The van der Waals surface area contributed by atoms with Crippen LogP contribution in [0.4, 0.5) is 0 Å². The summed E-state index contributed by atoms with van der Waals surface area (Å²) in [5, 5.41) is 21.5. The van der Waals surface area contributed by atoms with Crippen molar-refractivity contribution in [3.8, 4) is 10.6 Å². The molecule has 0 aliphatic carbocycles. The van der Waals surface area contributed by atoms with E-state index in [1.807, 2.05) is 6.07 Å². The molecule has 2 aromatic heterocycles. The van der Waals surface area contributed by atoms with Crippen LogP contribution < -0.4 is 5.32 Å². The molecular weight excluding hydrogens is 246 g/mol. The fraction of sp³-hybridized carbons (Fsp3) is 0.500. The minimum atomic E-state index is 0.297. The molecule has 2 rings (SSSR count). The number of aromatic nitrogens is 4. The van der Waals surface area contributed by atoms with E-state index in [0.29, 0.717) is 6.04 Å². The van der Waals surface area contributed by atoms with Gasteiger partial charge in [0.1, 0.15) is 10.0 Å². The number of nitrogens with one attached hydrogen (secondary N) is 1. The first-order chi connectivity index (χ1) is 8.85. The normalized spacial score (nSPS) is 12.6. The summed E-state index contributed by atoms with van der Waals surface area (Å²) >= 11 is 1.62. The number of hydrogen-bond donors (Lipinski definition) is 1. The summed E-state index contributed by atoms with van der Waals surface area (Å²) in [5.74, 6) is 0. The fourth-order valence-corrected chi connectivity index (χ4v) is 2.63. The maximum atomic E-state index is 4.27. The van der Waals surface area contributed by atoms with Gasteiger partial charge in [-0.25, -0.2) is 0 Å². The monoisotopic (exact) mass is 263 g/mol. The molecule has 0 spiro atoms. The molecule has 0 saturated carbocycles. The molecule has 0 saturated heterocycles. The first-order valence-corrected chi connectivity index (χ1v) is 7.00. The minimum Gasteiger partial charge on any atom is -0.308 e. The SMILES string of the molecule is CCCNC(CC)c1nnc(-c2ccnnc2)s1. The molecule has 6 heteroatoms. The lowest BCUT2D eigenvalue weighted by Crippen LogP contribution is -2.21. The maximum Gasteiger partial charge on any atom is 0.149 e. The van der Waals surface area contributed by atoms with Crippen LogP contribution in [-0.4, -0.2) is 26.9 Å². The van der Waals surface area contributed by atoms with Gasteiger partial charge in [-0.15, -0.1) is 10.2 Å². The van der Waals surface area contributed by atoms with Gasteiger partial charge >= 0.3 is 0 Å². The average Bonchev–Trinajstić information content (AvgIpc) is 2.90. The summed E-state index contributed by atoms with van der Waals surface area (Å²) in [5.41, 5.74) is 0.971. The number of rotatable bonds is 6. The second-order valence-electron chi connectivity index (χ2n) is 3.99. The van der Waals surface area contributed by atoms with E-state index in [1.54, 1.807) is 23.7 Å². The molecule has 0 aliphatic rings. The molecule has 1 atom stereocenters. The Morgan fingerprint density at radius 1 is 1.28 bits per heavy atom. The highest BCUT2D eigenvalue weighted by molar-refractivity contribution is 7.14. The summed E-state index contributed by atoms with van der Waals surface area (Å²) in [4.78, 5) is 0. The van der Waals surface area contributed by atoms with E-state index < -0.39 is 0 Å². The topological polar surface area (TPSA) is 63.6 Å². The third kappa shape index (κ3) is 3.08. The van der Waals surface area contributed by atoms with Gasteiger partial charge < -0.3 is 5.32 Å². The van der Waals surface area contributed by atoms with Crippen molar-refractivity contribution in [2.45, 2.75) is 32.7 Å². The molecule has 0 aliphatic heterocycles. The molecule has 5 nitrogen and oxygen atoms in total. The number of nitrogens with zero attached hydrogens (tertiary/aromatic N) is 4. The fourth-order valence-electron chi connectivity index (χ4n) is 1.63. The van der Waals surface area contributed by atoms with Gasteiger partial charge in [-0.05, 0) is 25.5 Å². The second kappa shape index (κ2) is 6.51. The Morgan fingerprint density at radius 2 is 2.17 bits per heavy atom. The summed E-state index contributed by atoms with van der Waals surface area (Å²) in [6.45, 7) is 5.32. The molecule has 0 radical (unpaired) electrons. The van der Waals surface area contributed by atoms with Crippen molar-refractivity contribution in [2.75, 3.05) is 6.54 Å². The smallest absolute Gasteiger partial charge is 0.149 e. The zero-order valence-corrected chi connectivity index (χ0v) is 11.4. The van der Waals surface area contributed by atoms with E-state index in [1.165, 1.54) is 0 Å². The van der Waals surface area contributed by atoms with Crippen LogP contribution in [-0.2, 0) is 0 Å².